The first-order chi connectivity index (χ1) is 9.90. The summed E-state index contributed by atoms with van der Waals surface area (Å²) >= 11 is 5.80. The fourth-order valence-corrected chi connectivity index (χ4v) is 2.93. The SMILES string of the molecule is Cc1cccc(C(=O)ONS(=O)(=O)c2ccccc2Cl)c1. The first kappa shape index (κ1) is 15.5. The zero-order valence-electron chi connectivity index (χ0n) is 11.0. The molecule has 0 unspecified atom stereocenters. The number of hydrogen-bond donors (Lipinski definition) is 1. The molecule has 2 aromatic carbocycles. The molecule has 0 fully saturated rings. The van der Waals surface area contributed by atoms with E-state index in [4.69, 9.17) is 11.6 Å². The van der Waals surface area contributed by atoms with Crippen molar-refractivity contribution in [2.45, 2.75) is 11.8 Å². The molecule has 7 heteroatoms. The third-order valence-electron chi connectivity index (χ3n) is 2.62. The Hall–Kier alpha value is -1.89. The van der Waals surface area contributed by atoms with E-state index in [2.05, 4.69) is 4.84 Å². The molecule has 0 radical (unpaired) electrons. The minimum absolute atomic E-state index is 0.0385. The maximum Gasteiger partial charge on any atom is 0.357 e. The van der Waals surface area contributed by atoms with E-state index in [9.17, 15) is 13.2 Å². The van der Waals surface area contributed by atoms with Gasteiger partial charge in [-0.05, 0) is 36.1 Å². The van der Waals surface area contributed by atoms with Gasteiger partial charge in [-0.1, -0.05) is 41.4 Å². The molecule has 0 bridgehead atoms. The molecule has 0 aromatic heterocycles. The van der Waals surface area contributed by atoms with Crippen LogP contribution >= 0.6 is 11.6 Å². The van der Waals surface area contributed by atoms with E-state index in [0.717, 1.165) is 5.56 Å². The van der Waals surface area contributed by atoms with Crippen molar-refractivity contribution in [2.24, 2.45) is 0 Å². The van der Waals surface area contributed by atoms with Gasteiger partial charge in [0.1, 0.15) is 4.90 Å². The second kappa shape index (κ2) is 6.26. The lowest BCUT2D eigenvalue weighted by molar-refractivity contribution is 0.0407. The number of sulfonamides is 1. The summed E-state index contributed by atoms with van der Waals surface area (Å²) in [4.78, 5) is 18.0. The molecule has 0 aliphatic rings. The van der Waals surface area contributed by atoms with Crippen molar-refractivity contribution in [3.05, 3.63) is 64.7 Å². The molecule has 0 spiro atoms. The van der Waals surface area contributed by atoms with Gasteiger partial charge in [0, 0.05) is 0 Å². The zero-order chi connectivity index (χ0) is 15.5. The van der Waals surface area contributed by atoms with E-state index >= 15 is 0 Å². The Labute approximate surface area is 127 Å². The Morgan fingerprint density at radius 1 is 1.14 bits per heavy atom. The lowest BCUT2D eigenvalue weighted by Crippen LogP contribution is -2.27. The fraction of sp³-hybridized carbons (Fsp3) is 0.0714. The van der Waals surface area contributed by atoms with Crippen LogP contribution in [0.3, 0.4) is 0 Å². The number of hydrogen-bond acceptors (Lipinski definition) is 4. The maximum atomic E-state index is 12.0. The molecule has 2 rings (SSSR count). The van der Waals surface area contributed by atoms with Crippen LogP contribution in [0.15, 0.2) is 53.4 Å². The predicted octanol–water partition coefficient (Wildman–Crippen LogP) is 2.70. The van der Waals surface area contributed by atoms with Crippen molar-refractivity contribution in [3.63, 3.8) is 0 Å². The van der Waals surface area contributed by atoms with Crippen molar-refractivity contribution in [2.75, 3.05) is 0 Å². The molecule has 110 valence electrons. The fourth-order valence-electron chi connectivity index (χ4n) is 1.63. The number of benzene rings is 2. The average molecular weight is 326 g/mol. The van der Waals surface area contributed by atoms with Gasteiger partial charge in [-0.2, -0.15) is 0 Å². The molecule has 2 aromatic rings. The molecule has 0 saturated heterocycles. The van der Waals surface area contributed by atoms with Gasteiger partial charge in [0.05, 0.1) is 10.6 Å². The highest BCUT2D eigenvalue weighted by Gasteiger charge is 2.20. The lowest BCUT2D eigenvalue weighted by Gasteiger charge is -2.08. The molecule has 0 atom stereocenters. The number of nitrogens with one attached hydrogen (secondary N) is 1. The molecular formula is C14H12ClNO4S. The molecular weight excluding hydrogens is 314 g/mol. The smallest absolute Gasteiger partial charge is 0.351 e. The summed E-state index contributed by atoms with van der Waals surface area (Å²) in [6.07, 6.45) is 0. The van der Waals surface area contributed by atoms with Gasteiger partial charge in [0.15, 0.2) is 0 Å². The number of carbonyl (C=O) groups excluding carboxylic acids is 1. The van der Waals surface area contributed by atoms with Crippen molar-refractivity contribution >= 4 is 27.6 Å². The van der Waals surface area contributed by atoms with Gasteiger partial charge in [0.25, 0.3) is 10.0 Å². The summed E-state index contributed by atoms with van der Waals surface area (Å²) in [6.45, 7) is 1.81. The minimum atomic E-state index is -4.03. The van der Waals surface area contributed by atoms with Crippen LogP contribution in [0.25, 0.3) is 0 Å². The summed E-state index contributed by atoms with van der Waals surface area (Å²) < 4.78 is 24.0. The molecule has 5 nitrogen and oxygen atoms in total. The zero-order valence-corrected chi connectivity index (χ0v) is 12.6. The standard InChI is InChI=1S/C14H12ClNO4S/c1-10-5-4-6-11(9-10)14(17)20-16-21(18,19)13-8-3-2-7-12(13)15/h2-9,16H,1H3. The summed E-state index contributed by atoms with van der Waals surface area (Å²) in [6, 6.07) is 12.5. The van der Waals surface area contributed by atoms with Crippen molar-refractivity contribution in [1.29, 1.82) is 0 Å². The van der Waals surface area contributed by atoms with Crippen molar-refractivity contribution in [3.8, 4) is 0 Å². The summed E-state index contributed by atoms with van der Waals surface area (Å²) in [7, 11) is -4.03. The Balaban J connectivity index is 2.12. The third-order valence-corrected chi connectivity index (χ3v) is 4.30. The second-order valence-corrected chi connectivity index (χ2v) is 6.30. The summed E-state index contributed by atoms with van der Waals surface area (Å²) in [5.41, 5.74) is 1.11. The highest BCUT2D eigenvalue weighted by molar-refractivity contribution is 7.89. The highest BCUT2D eigenvalue weighted by atomic mass is 35.5. The Bertz CT molecular complexity index is 774. The molecule has 0 amide bonds. The average Bonchev–Trinajstić information content (AvgIpc) is 2.45. The Morgan fingerprint density at radius 2 is 1.86 bits per heavy atom. The van der Waals surface area contributed by atoms with Crippen LogP contribution in [-0.4, -0.2) is 14.4 Å². The van der Waals surface area contributed by atoms with Crippen LogP contribution in [0.1, 0.15) is 15.9 Å². The van der Waals surface area contributed by atoms with E-state index in [0.29, 0.717) is 0 Å². The monoisotopic (exact) mass is 325 g/mol. The summed E-state index contributed by atoms with van der Waals surface area (Å²) in [5.74, 6) is -0.797. The van der Waals surface area contributed by atoms with Crippen LogP contribution in [0.5, 0.6) is 0 Å². The molecule has 0 heterocycles. The lowest BCUT2D eigenvalue weighted by atomic mass is 10.1. The van der Waals surface area contributed by atoms with Gasteiger partial charge in [0.2, 0.25) is 0 Å². The van der Waals surface area contributed by atoms with E-state index in [1.165, 1.54) is 24.3 Å². The van der Waals surface area contributed by atoms with E-state index in [1.807, 2.05) is 13.0 Å². The third kappa shape index (κ3) is 3.81. The molecule has 0 aliphatic heterocycles. The first-order valence-corrected chi connectivity index (χ1v) is 7.80. The molecule has 21 heavy (non-hydrogen) atoms. The number of rotatable bonds is 4. The van der Waals surface area contributed by atoms with Gasteiger partial charge in [-0.25, -0.2) is 13.2 Å². The van der Waals surface area contributed by atoms with Crippen molar-refractivity contribution < 1.29 is 18.0 Å². The van der Waals surface area contributed by atoms with E-state index in [-0.39, 0.29) is 15.5 Å². The maximum absolute atomic E-state index is 12.0. The van der Waals surface area contributed by atoms with E-state index in [1.54, 1.807) is 23.1 Å². The predicted molar refractivity (Wildman–Crippen MR) is 78.4 cm³/mol. The summed E-state index contributed by atoms with van der Waals surface area (Å²) in [5, 5.41) is 0.0385. The Kier molecular flexibility index (Phi) is 4.62. The molecule has 0 aliphatic carbocycles. The minimum Gasteiger partial charge on any atom is -0.351 e. The molecule has 1 N–H and O–H groups in total. The first-order valence-electron chi connectivity index (χ1n) is 5.94. The van der Waals surface area contributed by atoms with E-state index < -0.39 is 16.0 Å². The topological polar surface area (TPSA) is 72.5 Å². The second-order valence-electron chi connectivity index (χ2n) is 4.28. The largest absolute Gasteiger partial charge is 0.357 e. The van der Waals surface area contributed by atoms with Gasteiger partial charge in [-0.3, -0.25) is 0 Å². The van der Waals surface area contributed by atoms with Crippen LogP contribution < -0.4 is 4.89 Å². The quantitative estimate of drug-likeness (QED) is 0.877. The van der Waals surface area contributed by atoms with Gasteiger partial charge >= 0.3 is 5.97 Å². The number of aryl methyl sites for hydroxylation is 1. The van der Waals surface area contributed by atoms with Crippen LogP contribution in [-0.2, 0) is 14.9 Å². The van der Waals surface area contributed by atoms with Crippen LogP contribution in [0.4, 0.5) is 0 Å². The van der Waals surface area contributed by atoms with Crippen LogP contribution in [0, 0.1) is 6.92 Å². The van der Waals surface area contributed by atoms with Crippen LogP contribution in [0.2, 0.25) is 5.02 Å². The Morgan fingerprint density at radius 3 is 2.52 bits per heavy atom. The normalized spacial score (nSPS) is 11.1. The number of carbonyl (C=O) groups is 1. The van der Waals surface area contributed by atoms with Gasteiger partial charge in [-0.15, -0.1) is 0 Å². The van der Waals surface area contributed by atoms with Gasteiger partial charge < -0.3 is 4.84 Å². The van der Waals surface area contributed by atoms with Crippen molar-refractivity contribution in [1.82, 2.24) is 4.89 Å². The molecule has 0 saturated carbocycles. The number of halogens is 1. The highest BCUT2D eigenvalue weighted by Crippen LogP contribution is 2.20.